The SMILES string of the molecule is CO/N=C(\C(=O)N[C@@H]1C(=O)N2C(C(=O)[O-])=C(C[n+]3cc4cc(F)ccc4n3C)CS[C@H]12)c1csc(N)n1. The first kappa shape index (κ1) is 24.7. The highest BCUT2D eigenvalue weighted by Crippen LogP contribution is 2.40. The number of carbonyl (C=O) groups is 3. The lowest BCUT2D eigenvalue weighted by Gasteiger charge is -2.50. The van der Waals surface area contributed by atoms with Crippen molar-refractivity contribution in [3.63, 3.8) is 0 Å². The van der Waals surface area contributed by atoms with Gasteiger partial charge in [-0.15, -0.1) is 27.8 Å². The van der Waals surface area contributed by atoms with Gasteiger partial charge in [0.25, 0.3) is 11.8 Å². The molecular weight excluding hydrogens is 525 g/mol. The summed E-state index contributed by atoms with van der Waals surface area (Å²) in [5, 5.41) is 20.2. The number of halogens is 1. The van der Waals surface area contributed by atoms with Crippen LogP contribution in [0.3, 0.4) is 0 Å². The van der Waals surface area contributed by atoms with Gasteiger partial charge < -0.3 is 25.8 Å². The molecule has 12 nitrogen and oxygen atoms in total. The van der Waals surface area contributed by atoms with Crippen LogP contribution in [-0.4, -0.2) is 62.3 Å². The average Bonchev–Trinajstić information content (AvgIpc) is 3.42. The van der Waals surface area contributed by atoms with E-state index in [0.717, 1.165) is 21.8 Å². The summed E-state index contributed by atoms with van der Waals surface area (Å²) in [7, 11) is 3.03. The summed E-state index contributed by atoms with van der Waals surface area (Å²) in [5.41, 5.74) is 6.64. The van der Waals surface area contributed by atoms with Crippen molar-refractivity contribution >= 4 is 62.6 Å². The van der Waals surface area contributed by atoms with E-state index in [9.17, 15) is 23.9 Å². The number of amides is 2. The van der Waals surface area contributed by atoms with Crippen molar-refractivity contribution in [1.82, 2.24) is 19.9 Å². The molecule has 0 saturated carbocycles. The molecule has 3 N–H and O–H groups in total. The number of rotatable bonds is 7. The number of carboxylic acid groups (broad SMARTS) is 1. The van der Waals surface area contributed by atoms with E-state index in [1.54, 1.807) is 28.7 Å². The fourth-order valence-electron chi connectivity index (χ4n) is 4.35. The number of aryl methyl sites for hydroxylation is 1. The van der Waals surface area contributed by atoms with Gasteiger partial charge in [0.05, 0.1) is 24.1 Å². The van der Waals surface area contributed by atoms with E-state index in [-0.39, 0.29) is 40.3 Å². The smallest absolute Gasteiger partial charge is 0.276 e. The standard InChI is InChI=1S/C22H20FN7O5S2/c1-28-14-4-3-12(23)5-10(14)6-29(28)7-11-8-36-20-16(19(32)30(20)17(11)21(33)34)26-18(31)15(27-35-2)13-9-37-22(24)25-13/h3-6,9,16,20H,7-8H2,1-2H3,(H3-,24,25,26,31,33,34)/b27-15-/t16-,20-/m1/s1. The first-order valence-electron chi connectivity index (χ1n) is 10.9. The van der Waals surface area contributed by atoms with E-state index in [1.807, 2.05) is 0 Å². The number of nitrogens with one attached hydrogen (secondary N) is 1. The van der Waals surface area contributed by atoms with Gasteiger partial charge in [0.1, 0.15) is 35.6 Å². The summed E-state index contributed by atoms with van der Waals surface area (Å²) in [6, 6.07) is 3.38. The van der Waals surface area contributed by atoms with Gasteiger partial charge in [-0.2, -0.15) is 4.68 Å². The van der Waals surface area contributed by atoms with Crippen LogP contribution in [-0.2, 0) is 32.8 Å². The number of benzene rings is 1. The zero-order chi connectivity index (χ0) is 26.4. The second-order valence-corrected chi connectivity index (χ2v) is 10.2. The molecule has 0 bridgehead atoms. The molecule has 5 rings (SSSR count). The molecule has 2 atom stereocenters. The second-order valence-electron chi connectivity index (χ2n) is 8.25. The first-order valence-corrected chi connectivity index (χ1v) is 12.8. The van der Waals surface area contributed by atoms with E-state index >= 15 is 0 Å². The number of aliphatic carboxylic acids is 1. The third kappa shape index (κ3) is 4.29. The minimum Gasteiger partial charge on any atom is -0.543 e. The third-order valence-corrected chi connectivity index (χ3v) is 8.07. The van der Waals surface area contributed by atoms with Crippen LogP contribution < -0.4 is 20.8 Å². The molecule has 1 fully saturated rings. The van der Waals surface area contributed by atoms with Gasteiger partial charge in [0.15, 0.2) is 17.4 Å². The summed E-state index contributed by atoms with van der Waals surface area (Å²) in [5.74, 6) is -2.92. The summed E-state index contributed by atoms with van der Waals surface area (Å²) < 4.78 is 17.2. The third-order valence-electron chi connectivity index (χ3n) is 6.05. The topological polar surface area (TPSA) is 159 Å². The molecule has 2 aliphatic heterocycles. The maximum Gasteiger partial charge on any atom is 0.276 e. The van der Waals surface area contributed by atoms with Crippen LogP contribution in [0.2, 0.25) is 0 Å². The highest BCUT2D eigenvalue weighted by molar-refractivity contribution is 8.00. The highest BCUT2D eigenvalue weighted by atomic mass is 32.2. The number of aromatic nitrogens is 3. The lowest BCUT2D eigenvalue weighted by molar-refractivity contribution is -0.764. The van der Waals surface area contributed by atoms with Crippen molar-refractivity contribution in [2.75, 3.05) is 18.6 Å². The lowest BCUT2D eigenvalue weighted by Crippen LogP contribution is -2.71. The Kier molecular flexibility index (Phi) is 6.33. The van der Waals surface area contributed by atoms with Crippen LogP contribution >= 0.6 is 23.1 Å². The maximum atomic E-state index is 13.7. The number of thiazole rings is 1. The van der Waals surface area contributed by atoms with Crippen molar-refractivity contribution in [1.29, 1.82) is 0 Å². The molecule has 0 aliphatic carbocycles. The van der Waals surface area contributed by atoms with Crippen molar-refractivity contribution < 1.29 is 33.4 Å². The molecule has 2 aliphatic rings. The Morgan fingerprint density at radius 3 is 2.89 bits per heavy atom. The van der Waals surface area contributed by atoms with Gasteiger partial charge in [-0.3, -0.25) is 14.5 Å². The van der Waals surface area contributed by atoms with Gasteiger partial charge in [-0.25, -0.2) is 9.37 Å². The van der Waals surface area contributed by atoms with Crippen molar-refractivity contribution in [2.45, 2.75) is 18.0 Å². The largest absolute Gasteiger partial charge is 0.543 e. The molecule has 2 amide bonds. The van der Waals surface area contributed by atoms with Gasteiger partial charge in [0.2, 0.25) is 6.20 Å². The number of nitrogens with two attached hydrogens (primary N) is 1. The fraction of sp³-hybridized carbons (Fsp3) is 0.273. The quantitative estimate of drug-likeness (QED) is 0.167. The Morgan fingerprint density at radius 2 is 2.22 bits per heavy atom. The maximum absolute atomic E-state index is 13.7. The van der Waals surface area contributed by atoms with E-state index in [1.165, 1.54) is 36.4 Å². The highest BCUT2D eigenvalue weighted by Gasteiger charge is 2.53. The number of oxime groups is 1. The Bertz CT molecular complexity index is 1510. The van der Waals surface area contributed by atoms with Crippen LogP contribution in [0.1, 0.15) is 5.69 Å². The van der Waals surface area contributed by atoms with E-state index in [0.29, 0.717) is 11.0 Å². The van der Waals surface area contributed by atoms with Crippen LogP contribution in [0.25, 0.3) is 10.9 Å². The predicted molar refractivity (Wildman–Crippen MR) is 130 cm³/mol. The monoisotopic (exact) mass is 545 g/mol. The van der Waals surface area contributed by atoms with Crippen LogP contribution in [0.4, 0.5) is 9.52 Å². The molecule has 0 unspecified atom stereocenters. The van der Waals surface area contributed by atoms with E-state index in [4.69, 9.17) is 10.6 Å². The van der Waals surface area contributed by atoms with Crippen molar-refractivity contribution in [3.05, 3.63) is 52.6 Å². The molecule has 2 aromatic heterocycles. The molecule has 4 heterocycles. The molecule has 3 aromatic rings. The number of fused-ring (bicyclic) bond motifs is 2. The molecule has 37 heavy (non-hydrogen) atoms. The number of hydrogen-bond donors (Lipinski definition) is 2. The summed E-state index contributed by atoms with van der Waals surface area (Å²) in [4.78, 5) is 47.9. The van der Waals surface area contributed by atoms with Gasteiger partial charge >= 0.3 is 0 Å². The Hall–Kier alpha value is -3.98. The predicted octanol–water partition coefficient (Wildman–Crippen LogP) is -0.902. The number of thioether (sulfide) groups is 1. The van der Waals surface area contributed by atoms with Crippen LogP contribution in [0.5, 0.6) is 0 Å². The number of hydrogen-bond acceptors (Lipinski definition) is 10. The minimum absolute atomic E-state index is 0.145. The minimum atomic E-state index is -1.50. The normalized spacial score (nSPS) is 19.6. The Labute approximate surface area is 217 Å². The molecular formula is C22H20FN7O5S2. The molecule has 15 heteroatoms. The van der Waals surface area contributed by atoms with E-state index < -0.39 is 29.2 Å². The summed E-state index contributed by atoms with van der Waals surface area (Å²) in [6.07, 6.45) is 1.71. The van der Waals surface area contributed by atoms with Crippen molar-refractivity contribution in [2.24, 2.45) is 12.2 Å². The summed E-state index contributed by atoms with van der Waals surface area (Å²) in [6.45, 7) is 0.145. The van der Waals surface area contributed by atoms with E-state index in [2.05, 4.69) is 15.5 Å². The average molecular weight is 546 g/mol. The molecule has 0 radical (unpaired) electrons. The van der Waals surface area contributed by atoms with Gasteiger partial charge in [0, 0.05) is 16.7 Å². The lowest BCUT2D eigenvalue weighted by atomic mass is 10.0. The summed E-state index contributed by atoms with van der Waals surface area (Å²) >= 11 is 2.42. The van der Waals surface area contributed by atoms with Crippen LogP contribution in [0.15, 0.2) is 46.2 Å². The molecule has 192 valence electrons. The number of carbonyl (C=O) groups excluding carboxylic acids is 3. The number of nitrogens with zero attached hydrogens (tertiary/aromatic N) is 5. The van der Waals surface area contributed by atoms with Gasteiger partial charge in [-0.1, -0.05) is 5.16 Å². The van der Waals surface area contributed by atoms with Crippen LogP contribution in [0, 0.1) is 5.82 Å². The first-order chi connectivity index (χ1) is 17.7. The molecule has 1 saturated heterocycles. The zero-order valence-electron chi connectivity index (χ0n) is 19.5. The fourth-order valence-corrected chi connectivity index (χ4v) is 6.23. The van der Waals surface area contributed by atoms with Crippen molar-refractivity contribution in [3.8, 4) is 0 Å². The number of carboxylic acids is 1. The zero-order valence-corrected chi connectivity index (χ0v) is 21.1. The number of anilines is 1. The number of nitrogen functional groups attached to an aromatic ring is 1. The molecule has 0 spiro atoms. The Balaban J connectivity index is 1.38. The molecule has 1 aromatic carbocycles. The van der Waals surface area contributed by atoms with Gasteiger partial charge in [-0.05, 0) is 18.2 Å². The second kappa shape index (κ2) is 9.48. The Morgan fingerprint density at radius 1 is 1.43 bits per heavy atom. The number of β-lactam (4-membered cyclic amide) rings is 1.